The smallest absolute Gasteiger partial charge is 0.0449 e. The molecule has 0 unspecified atom stereocenters. The van der Waals surface area contributed by atoms with Crippen LogP contribution < -0.4 is 5.73 Å². The van der Waals surface area contributed by atoms with Gasteiger partial charge in [0.25, 0.3) is 0 Å². The Bertz CT molecular complexity index is 721. The molecule has 0 radical (unpaired) electrons. The van der Waals surface area contributed by atoms with Gasteiger partial charge in [-0.3, -0.25) is 0 Å². The fourth-order valence-corrected chi connectivity index (χ4v) is 2.68. The van der Waals surface area contributed by atoms with Crippen LogP contribution in [-0.4, -0.2) is 11.7 Å². The third-order valence-corrected chi connectivity index (χ3v) is 3.64. The van der Waals surface area contributed by atoms with Gasteiger partial charge in [-0.1, -0.05) is 48.5 Å². The minimum atomic E-state index is -0.125. The zero-order valence-electron chi connectivity index (χ0n) is 10.7. The third kappa shape index (κ3) is 2.09. The van der Waals surface area contributed by atoms with Crippen molar-refractivity contribution in [3.8, 4) is 0 Å². The van der Waals surface area contributed by atoms with E-state index in [1.54, 1.807) is 0 Å². The van der Waals surface area contributed by atoms with Crippen molar-refractivity contribution in [1.29, 1.82) is 0 Å². The largest absolute Gasteiger partial charge is 0.396 e. The van der Waals surface area contributed by atoms with Gasteiger partial charge in [-0.2, -0.15) is 0 Å². The van der Waals surface area contributed by atoms with Crippen LogP contribution in [0.1, 0.15) is 18.0 Å². The van der Waals surface area contributed by atoms with Gasteiger partial charge in [-0.05, 0) is 39.6 Å². The SMILES string of the molecule is N[C@@H](CCO)c1cc2ccccc2c2ccccc12. The first-order valence-corrected chi connectivity index (χ1v) is 6.58. The van der Waals surface area contributed by atoms with E-state index >= 15 is 0 Å². The van der Waals surface area contributed by atoms with E-state index in [1.807, 2.05) is 12.1 Å². The lowest BCUT2D eigenvalue weighted by Gasteiger charge is -2.15. The summed E-state index contributed by atoms with van der Waals surface area (Å²) < 4.78 is 0. The van der Waals surface area contributed by atoms with Gasteiger partial charge in [-0.25, -0.2) is 0 Å². The topological polar surface area (TPSA) is 46.2 Å². The van der Waals surface area contributed by atoms with E-state index in [9.17, 15) is 0 Å². The molecule has 3 aromatic carbocycles. The van der Waals surface area contributed by atoms with Crippen LogP contribution in [0.3, 0.4) is 0 Å². The molecule has 0 heterocycles. The number of hydrogen-bond donors (Lipinski definition) is 2. The molecule has 0 saturated carbocycles. The van der Waals surface area contributed by atoms with Gasteiger partial charge in [-0.15, -0.1) is 0 Å². The average Bonchev–Trinajstić information content (AvgIpc) is 2.46. The van der Waals surface area contributed by atoms with Gasteiger partial charge in [0.15, 0.2) is 0 Å². The van der Waals surface area contributed by atoms with Gasteiger partial charge in [0.05, 0.1) is 0 Å². The monoisotopic (exact) mass is 251 g/mol. The number of aliphatic hydroxyl groups excluding tert-OH is 1. The Balaban J connectivity index is 2.35. The molecule has 2 nitrogen and oxygen atoms in total. The molecule has 3 N–H and O–H groups in total. The molecule has 2 heteroatoms. The Morgan fingerprint density at radius 1 is 0.895 bits per heavy atom. The fourth-order valence-electron chi connectivity index (χ4n) is 2.68. The summed E-state index contributed by atoms with van der Waals surface area (Å²) in [5.74, 6) is 0. The minimum Gasteiger partial charge on any atom is -0.396 e. The van der Waals surface area contributed by atoms with Crippen molar-refractivity contribution in [3.05, 3.63) is 60.2 Å². The zero-order chi connectivity index (χ0) is 13.2. The average molecular weight is 251 g/mol. The minimum absolute atomic E-state index is 0.113. The molecule has 0 fully saturated rings. The molecule has 3 aromatic rings. The summed E-state index contributed by atoms with van der Waals surface area (Å²) in [5, 5.41) is 14.0. The maximum absolute atomic E-state index is 9.10. The number of nitrogens with two attached hydrogens (primary N) is 1. The first kappa shape index (κ1) is 12.2. The number of benzene rings is 3. The predicted molar refractivity (Wildman–Crippen MR) is 80.1 cm³/mol. The maximum Gasteiger partial charge on any atom is 0.0449 e. The van der Waals surface area contributed by atoms with Crippen LogP contribution in [0.4, 0.5) is 0 Å². The van der Waals surface area contributed by atoms with Crippen LogP contribution in [-0.2, 0) is 0 Å². The van der Waals surface area contributed by atoms with Crippen LogP contribution in [0.25, 0.3) is 21.5 Å². The van der Waals surface area contributed by atoms with Crippen molar-refractivity contribution in [3.63, 3.8) is 0 Å². The van der Waals surface area contributed by atoms with Crippen LogP contribution in [0.15, 0.2) is 54.6 Å². The Morgan fingerprint density at radius 3 is 2.26 bits per heavy atom. The van der Waals surface area contributed by atoms with E-state index < -0.39 is 0 Å². The standard InChI is InChI=1S/C17H17NO/c18-17(9-10-19)16-11-12-5-1-2-6-13(12)14-7-3-4-8-15(14)16/h1-8,11,17,19H,9-10,18H2/t17-/m0/s1. The maximum atomic E-state index is 9.10. The van der Waals surface area contributed by atoms with Crippen molar-refractivity contribution < 1.29 is 5.11 Å². The van der Waals surface area contributed by atoms with E-state index in [4.69, 9.17) is 10.8 Å². The predicted octanol–water partition coefficient (Wildman–Crippen LogP) is 3.38. The highest BCUT2D eigenvalue weighted by Gasteiger charge is 2.11. The summed E-state index contributed by atoms with van der Waals surface area (Å²) in [6, 6.07) is 18.7. The first-order chi connectivity index (χ1) is 9.31. The second-order valence-electron chi connectivity index (χ2n) is 4.85. The second-order valence-corrected chi connectivity index (χ2v) is 4.85. The second kappa shape index (κ2) is 5.00. The highest BCUT2D eigenvalue weighted by Crippen LogP contribution is 2.31. The quantitative estimate of drug-likeness (QED) is 0.701. The summed E-state index contributed by atoms with van der Waals surface area (Å²) in [4.78, 5) is 0. The molecular formula is C17H17NO. The summed E-state index contributed by atoms with van der Waals surface area (Å²) in [7, 11) is 0. The van der Waals surface area contributed by atoms with Gasteiger partial charge >= 0.3 is 0 Å². The lowest BCUT2D eigenvalue weighted by Crippen LogP contribution is -2.12. The molecule has 0 aliphatic rings. The van der Waals surface area contributed by atoms with Gasteiger partial charge in [0, 0.05) is 12.6 Å². The van der Waals surface area contributed by atoms with Crippen molar-refractivity contribution in [2.75, 3.05) is 6.61 Å². The molecule has 0 amide bonds. The normalized spacial score (nSPS) is 12.9. The Morgan fingerprint density at radius 2 is 1.53 bits per heavy atom. The molecule has 96 valence electrons. The van der Waals surface area contributed by atoms with E-state index in [1.165, 1.54) is 21.5 Å². The summed E-state index contributed by atoms with van der Waals surface area (Å²) in [5.41, 5.74) is 7.32. The molecule has 0 aromatic heterocycles. The van der Waals surface area contributed by atoms with Crippen molar-refractivity contribution >= 4 is 21.5 Å². The molecule has 0 spiro atoms. The van der Waals surface area contributed by atoms with Crippen LogP contribution in [0.2, 0.25) is 0 Å². The highest BCUT2D eigenvalue weighted by molar-refractivity contribution is 6.09. The molecule has 0 bridgehead atoms. The van der Waals surface area contributed by atoms with Crippen molar-refractivity contribution in [2.45, 2.75) is 12.5 Å². The summed E-state index contributed by atoms with van der Waals surface area (Å²) >= 11 is 0. The number of hydrogen-bond acceptors (Lipinski definition) is 2. The molecule has 19 heavy (non-hydrogen) atoms. The van der Waals surface area contributed by atoms with Gasteiger partial charge in [0.1, 0.15) is 0 Å². The van der Waals surface area contributed by atoms with E-state index in [2.05, 4.69) is 42.5 Å². The van der Waals surface area contributed by atoms with Crippen LogP contribution in [0.5, 0.6) is 0 Å². The van der Waals surface area contributed by atoms with Crippen LogP contribution in [0, 0.1) is 0 Å². The van der Waals surface area contributed by atoms with E-state index in [0.717, 1.165) is 5.56 Å². The van der Waals surface area contributed by atoms with Crippen molar-refractivity contribution in [2.24, 2.45) is 5.73 Å². The summed E-state index contributed by atoms with van der Waals surface area (Å²) in [6.45, 7) is 0.113. The summed E-state index contributed by atoms with van der Waals surface area (Å²) in [6.07, 6.45) is 0.586. The van der Waals surface area contributed by atoms with Gasteiger partial charge in [0.2, 0.25) is 0 Å². The fraction of sp³-hybridized carbons (Fsp3) is 0.176. The molecule has 0 aliphatic carbocycles. The number of aliphatic hydroxyl groups is 1. The molecule has 1 atom stereocenters. The molecule has 0 saturated heterocycles. The zero-order valence-corrected chi connectivity index (χ0v) is 10.7. The molecule has 0 aliphatic heterocycles. The van der Waals surface area contributed by atoms with E-state index in [-0.39, 0.29) is 12.6 Å². The third-order valence-electron chi connectivity index (χ3n) is 3.64. The lowest BCUT2D eigenvalue weighted by molar-refractivity contribution is 0.277. The Labute approximate surface area is 112 Å². The Hall–Kier alpha value is -1.90. The van der Waals surface area contributed by atoms with E-state index in [0.29, 0.717) is 6.42 Å². The number of rotatable bonds is 3. The van der Waals surface area contributed by atoms with Crippen molar-refractivity contribution in [1.82, 2.24) is 0 Å². The highest BCUT2D eigenvalue weighted by atomic mass is 16.3. The van der Waals surface area contributed by atoms with Gasteiger partial charge < -0.3 is 10.8 Å². The lowest BCUT2D eigenvalue weighted by atomic mass is 9.93. The Kier molecular flexibility index (Phi) is 3.20. The first-order valence-electron chi connectivity index (χ1n) is 6.58. The number of fused-ring (bicyclic) bond motifs is 3. The van der Waals surface area contributed by atoms with Crippen LogP contribution >= 0.6 is 0 Å². The molecular weight excluding hydrogens is 234 g/mol. The molecule has 3 rings (SSSR count).